The fourth-order valence-electron chi connectivity index (χ4n) is 3.41. The number of aryl methyl sites for hydroxylation is 1. The Morgan fingerprint density at radius 2 is 1.77 bits per heavy atom. The van der Waals surface area contributed by atoms with Crippen LogP contribution in [-0.2, 0) is 6.54 Å². The van der Waals surface area contributed by atoms with E-state index in [9.17, 15) is 4.79 Å². The van der Waals surface area contributed by atoms with E-state index < -0.39 is 5.97 Å². The summed E-state index contributed by atoms with van der Waals surface area (Å²) < 4.78 is 7.48. The van der Waals surface area contributed by atoms with Gasteiger partial charge in [-0.05, 0) is 48.9 Å². The fourth-order valence-corrected chi connectivity index (χ4v) is 3.41. The summed E-state index contributed by atoms with van der Waals surface area (Å²) in [6, 6.07) is 24.6. The summed E-state index contributed by atoms with van der Waals surface area (Å²) in [7, 11) is 0. The van der Waals surface area contributed by atoms with Crippen LogP contribution in [0.15, 0.2) is 78.9 Å². The van der Waals surface area contributed by atoms with Crippen LogP contribution < -0.4 is 4.74 Å². The number of benzene rings is 3. The lowest BCUT2D eigenvalue weighted by Gasteiger charge is -2.08. The number of fused-ring (bicyclic) bond motifs is 2. The lowest BCUT2D eigenvalue weighted by Crippen LogP contribution is -2.09. The first kappa shape index (κ1) is 18.0. The molecule has 30 heavy (non-hydrogen) atoms. The number of hydrogen-bond donors (Lipinski definition) is 0. The Balaban J connectivity index is 1.36. The van der Waals surface area contributed by atoms with E-state index in [-0.39, 0.29) is 0 Å². The number of esters is 1. The Labute approximate surface area is 172 Å². The lowest BCUT2D eigenvalue weighted by atomic mass is 10.1. The summed E-state index contributed by atoms with van der Waals surface area (Å²) in [5.41, 5.74) is 4.88. The van der Waals surface area contributed by atoms with Crippen LogP contribution in [0.1, 0.15) is 21.6 Å². The van der Waals surface area contributed by atoms with Gasteiger partial charge in [0.1, 0.15) is 11.0 Å². The number of hydrogen-bond acceptors (Lipinski definition) is 5. The molecule has 0 bridgehead atoms. The maximum atomic E-state index is 12.7. The van der Waals surface area contributed by atoms with E-state index in [0.717, 1.165) is 27.7 Å². The van der Waals surface area contributed by atoms with Crippen molar-refractivity contribution in [1.82, 2.24) is 20.0 Å². The van der Waals surface area contributed by atoms with E-state index in [1.165, 1.54) is 0 Å². The molecule has 0 aliphatic carbocycles. The first-order chi connectivity index (χ1) is 14.7. The van der Waals surface area contributed by atoms with Gasteiger partial charge >= 0.3 is 5.97 Å². The number of para-hydroxylation sites is 2. The number of carbonyl (C=O) groups excluding carboxylic acids is 1. The monoisotopic (exact) mass is 394 g/mol. The molecule has 0 saturated heterocycles. The Morgan fingerprint density at radius 1 is 0.933 bits per heavy atom. The maximum absolute atomic E-state index is 12.7. The van der Waals surface area contributed by atoms with Crippen LogP contribution in [0.4, 0.5) is 0 Å². The lowest BCUT2D eigenvalue weighted by molar-refractivity contribution is 0.0736. The van der Waals surface area contributed by atoms with E-state index in [4.69, 9.17) is 4.74 Å². The summed E-state index contributed by atoms with van der Waals surface area (Å²) in [6.45, 7) is 2.48. The van der Waals surface area contributed by atoms with Crippen molar-refractivity contribution in [1.29, 1.82) is 0 Å². The average molecular weight is 394 g/mol. The number of nitrogens with zero attached hydrogens (tertiary/aromatic N) is 4. The molecule has 6 nitrogen and oxygen atoms in total. The summed E-state index contributed by atoms with van der Waals surface area (Å²) in [5.74, 6) is 0.0444. The second kappa shape index (κ2) is 7.40. The van der Waals surface area contributed by atoms with Crippen molar-refractivity contribution >= 4 is 27.9 Å². The van der Waals surface area contributed by atoms with Gasteiger partial charge in [0, 0.05) is 11.1 Å². The third-order valence-electron chi connectivity index (χ3n) is 4.97. The number of aromatic nitrogens is 4. The van der Waals surface area contributed by atoms with Crippen molar-refractivity contribution in [3.05, 3.63) is 95.7 Å². The molecule has 0 radical (unpaired) electrons. The van der Waals surface area contributed by atoms with Crippen LogP contribution >= 0.6 is 0 Å². The van der Waals surface area contributed by atoms with Crippen molar-refractivity contribution in [2.24, 2.45) is 0 Å². The minimum atomic E-state index is -0.413. The quantitative estimate of drug-likeness (QED) is 0.330. The fraction of sp³-hybridized carbons (Fsp3) is 0.0833. The zero-order valence-corrected chi connectivity index (χ0v) is 16.3. The molecule has 5 aromatic rings. The molecule has 0 saturated carbocycles. The van der Waals surface area contributed by atoms with Crippen LogP contribution in [0.3, 0.4) is 0 Å². The van der Waals surface area contributed by atoms with E-state index in [1.54, 1.807) is 18.2 Å². The van der Waals surface area contributed by atoms with Gasteiger partial charge in [0.15, 0.2) is 5.75 Å². The highest BCUT2D eigenvalue weighted by molar-refractivity contribution is 5.94. The van der Waals surface area contributed by atoms with Gasteiger partial charge in [-0.25, -0.2) is 14.5 Å². The van der Waals surface area contributed by atoms with Gasteiger partial charge in [0.25, 0.3) is 0 Å². The van der Waals surface area contributed by atoms with Crippen LogP contribution in [0.5, 0.6) is 5.75 Å². The van der Waals surface area contributed by atoms with Crippen molar-refractivity contribution in [2.45, 2.75) is 13.5 Å². The molecule has 0 atom stereocenters. The smallest absolute Gasteiger partial charge is 0.343 e. The number of carbonyl (C=O) groups is 1. The van der Waals surface area contributed by atoms with Gasteiger partial charge in [-0.15, -0.1) is 5.10 Å². The van der Waals surface area contributed by atoms with Crippen molar-refractivity contribution in [3.8, 4) is 5.75 Å². The molecule has 146 valence electrons. The molecule has 0 aliphatic heterocycles. The average Bonchev–Trinajstić information content (AvgIpc) is 3.17. The van der Waals surface area contributed by atoms with Crippen molar-refractivity contribution < 1.29 is 9.53 Å². The van der Waals surface area contributed by atoms with E-state index in [2.05, 4.69) is 15.3 Å². The van der Waals surface area contributed by atoms with Crippen LogP contribution in [0.25, 0.3) is 21.9 Å². The molecule has 0 unspecified atom stereocenters. The first-order valence-corrected chi connectivity index (χ1v) is 9.63. The Bertz CT molecular complexity index is 1370. The standard InChI is InChI=1S/C24H18N4O2/c1-16-9-12-18-5-4-8-22(23(18)25-16)30-24(29)19-13-10-17(11-14-19)15-28-21-7-3-2-6-20(21)26-27-28/h2-14H,15H2,1H3. The molecule has 2 aromatic heterocycles. The molecule has 0 spiro atoms. The first-order valence-electron chi connectivity index (χ1n) is 9.63. The Kier molecular flexibility index (Phi) is 4.44. The highest BCUT2D eigenvalue weighted by atomic mass is 16.5. The molecule has 0 amide bonds. The van der Waals surface area contributed by atoms with Crippen molar-refractivity contribution in [2.75, 3.05) is 0 Å². The van der Waals surface area contributed by atoms with Crippen LogP contribution in [0.2, 0.25) is 0 Å². The maximum Gasteiger partial charge on any atom is 0.343 e. The molecule has 0 fully saturated rings. The molecule has 5 rings (SSSR count). The minimum Gasteiger partial charge on any atom is -0.421 e. The van der Waals surface area contributed by atoms with Crippen LogP contribution in [-0.4, -0.2) is 25.9 Å². The summed E-state index contributed by atoms with van der Waals surface area (Å²) in [4.78, 5) is 17.2. The summed E-state index contributed by atoms with van der Waals surface area (Å²) in [5, 5.41) is 9.31. The predicted molar refractivity (Wildman–Crippen MR) is 115 cm³/mol. The zero-order valence-electron chi connectivity index (χ0n) is 16.3. The van der Waals surface area contributed by atoms with Crippen LogP contribution in [0, 0.1) is 6.92 Å². The van der Waals surface area contributed by atoms with Gasteiger partial charge < -0.3 is 4.74 Å². The number of ether oxygens (including phenoxy) is 1. The van der Waals surface area contributed by atoms with Gasteiger partial charge in [-0.1, -0.05) is 47.7 Å². The Morgan fingerprint density at radius 3 is 2.63 bits per heavy atom. The van der Waals surface area contributed by atoms with Gasteiger partial charge in [-0.3, -0.25) is 0 Å². The predicted octanol–water partition coefficient (Wildman–Crippen LogP) is 4.56. The largest absolute Gasteiger partial charge is 0.421 e. The normalized spacial score (nSPS) is 11.1. The minimum absolute atomic E-state index is 0.413. The highest BCUT2D eigenvalue weighted by Gasteiger charge is 2.12. The molecule has 2 heterocycles. The third-order valence-corrected chi connectivity index (χ3v) is 4.97. The van der Waals surface area contributed by atoms with E-state index in [1.807, 2.05) is 72.3 Å². The molecule has 3 aromatic carbocycles. The summed E-state index contributed by atoms with van der Waals surface area (Å²) >= 11 is 0. The molecular formula is C24H18N4O2. The zero-order chi connectivity index (χ0) is 20.5. The molecule has 6 heteroatoms. The van der Waals surface area contributed by atoms with E-state index >= 15 is 0 Å². The second-order valence-electron chi connectivity index (χ2n) is 7.10. The summed E-state index contributed by atoms with van der Waals surface area (Å²) in [6.07, 6.45) is 0. The SMILES string of the molecule is Cc1ccc2cccc(OC(=O)c3ccc(Cn4nnc5ccccc54)cc3)c2n1. The number of rotatable bonds is 4. The molecular weight excluding hydrogens is 376 g/mol. The molecule has 0 N–H and O–H groups in total. The van der Waals surface area contributed by atoms with Crippen molar-refractivity contribution in [3.63, 3.8) is 0 Å². The van der Waals surface area contributed by atoms with Gasteiger partial charge in [0.05, 0.1) is 17.6 Å². The van der Waals surface area contributed by atoms with Gasteiger partial charge in [0.2, 0.25) is 0 Å². The van der Waals surface area contributed by atoms with E-state index in [0.29, 0.717) is 23.4 Å². The topological polar surface area (TPSA) is 69.9 Å². The molecule has 0 aliphatic rings. The third kappa shape index (κ3) is 3.39. The van der Waals surface area contributed by atoms with Gasteiger partial charge in [-0.2, -0.15) is 0 Å². The highest BCUT2D eigenvalue weighted by Crippen LogP contribution is 2.25. The second-order valence-corrected chi connectivity index (χ2v) is 7.10. The Hall–Kier alpha value is -4.06. The number of pyridine rings is 1.